The molecule has 1 aliphatic heterocycles. The summed E-state index contributed by atoms with van der Waals surface area (Å²) in [5.41, 5.74) is 1.56. The van der Waals surface area contributed by atoms with Crippen LogP contribution in [0.4, 0.5) is 16.3 Å². The van der Waals surface area contributed by atoms with E-state index in [2.05, 4.69) is 20.5 Å². The van der Waals surface area contributed by atoms with Crippen LogP contribution in [0, 0.1) is 0 Å². The number of aromatic nitrogens is 3. The summed E-state index contributed by atoms with van der Waals surface area (Å²) in [4.78, 5) is 27.6. The van der Waals surface area contributed by atoms with E-state index >= 15 is 0 Å². The number of carbonyl (C=O) groups is 1. The number of aliphatic hydroxyl groups excluding tert-OH is 1. The normalized spacial score (nSPS) is 16.2. The number of nitrogens with one attached hydrogen (secondary N) is 2. The zero-order valence-corrected chi connectivity index (χ0v) is 22.4. The number of hydrogen-bond donors (Lipinski definition) is 3. The van der Waals surface area contributed by atoms with Crippen molar-refractivity contribution in [3.63, 3.8) is 0 Å². The number of anilines is 2. The Labute approximate surface area is 222 Å². The molecule has 3 aromatic rings. The fourth-order valence-corrected chi connectivity index (χ4v) is 5.53. The maximum atomic E-state index is 13.7. The van der Waals surface area contributed by atoms with E-state index in [-0.39, 0.29) is 24.1 Å². The summed E-state index contributed by atoms with van der Waals surface area (Å²) in [7, 11) is -3.83. The van der Waals surface area contributed by atoms with Crippen LogP contribution in [0.15, 0.2) is 59.8 Å². The Bertz CT molecular complexity index is 1370. The summed E-state index contributed by atoms with van der Waals surface area (Å²) in [5, 5.41) is 14.1. The predicted molar refractivity (Wildman–Crippen MR) is 144 cm³/mol. The maximum absolute atomic E-state index is 13.7. The Morgan fingerprint density at radius 2 is 1.87 bits per heavy atom. The molecule has 0 bridgehead atoms. The third kappa shape index (κ3) is 5.77. The Kier molecular flexibility index (Phi) is 8.24. The number of urea groups is 1. The van der Waals surface area contributed by atoms with Gasteiger partial charge in [-0.05, 0) is 57.2 Å². The van der Waals surface area contributed by atoms with Crippen molar-refractivity contribution in [3.05, 3.63) is 60.6 Å². The molecule has 0 unspecified atom stereocenters. The molecule has 2 amide bonds. The standard InChI is InChI=1S/C26H32N6O5S/c1-18-17-37-15-13-32(18)23-16-22(26(2,3)38(35,36)21-8-10-27-11-9-21)30-24(31-23)19-4-6-20(7-5-19)29-25(34)28-12-14-33/h4-11,16,18,33H,12-15,17H2,1-3H3,(H2,28,29,34)/t18-/m0/s1. The molecule has 4 rings (SSSR count). The molecule has 11 nitrogen and oxygen atoms in total. The lowest BCUT2D eigenvalue weighted by Gasteiger charge is -2.35. The van der Waals surface area contributed by atoms with Crippen LogP contribution in [0.3, 0.4) is 0 Å². The Morgan fingerprint density at radius 1 is 1.16 bits per heavy atom. The molecule has 0 aliphatic carbocycles. The van der Waals surface area contributed by atoms with Crippen LogP contribution in [-0.2, 0) is 19.3 Å². The van der Waals surface area contributed by atoms with Crippen LogP contribution >= 0.6 is 0 Å². The molecule has 3 N–H and O–H groups in total. The molecule has 38 heavy (non-hydrogen) atoms. The van der Waals surface area contributed by atoms with Gasteiger partial charge in [-0.15, -0.1) is 0 Å². The SMILES string of the molecule is C[C@H]1COCCN1c1cc(C(C)(C)S(=O)(=O)c2ccncc2)nc(-c2ccc(NC(=O)NCCO)cc2)n1. The largest absolute Gasteiger partial charge is 0.395 e. The van der Waals surface area contributed by atoms with Gasteiger partial charge < -0.3 is 25.4 Å². The van der Waals surface area contributed by atoms with E-state index in [4.69, 9.17) is 19.8 Å². The maximum Gasteiger partial charge on any atom is 0.319 e. The number of morpholine rings is 1. The number of rotatable bonds is 8. The van der Waals surface area contributed by atoms with Gasteiger partial charge in [0.2, 0.25) is 0 Å². The molecular weight excluding hydrogens is 508 g/mol. The first kappa shape index (κ1) is 27.4. The second-order valence-corrected chi connectivity index (χ2v) is 11.9. The topological polar surface area (TPSA) is 147 Å². The number of amides is 2. The van der Waals surface area contributed by atoms with Gasteiger partial charge >= 0.3 is 6.03 Å². The molecule has 1 saturated heterocycles. The van der Waals surface area contributed by atoms with Gasteiger partial charge in [0, 0.05) is 42.8 Å². The van der Waals surface area contributed by atoms with Crippen molar-refractivity contribution in [2.75, 3.05) is 43.1 Å². The summed E-state index contributed by atoms with van der Waals surface area (Å²) in [5.74, 6) is 0.981. The van der Waals surface area contributed by atoms with E-state index in [0.717, 1.165) is 0 Å². The summed E-state index contributed by atoms with van der Waals surface area (Å²) < 4.78 is 31.6. The lowest BCUT2D eigenvalue weighted by atomic mass is 10.1. The summed E-state index contributed by atoms with van der Waals surface area (Å²) in [6.07, 6.45) is 2.91. The van der Waals surface area contributed by atoms with Gasteiger partial charge in [0.15, 0.2) is 15.7 Å². The van der Waals surface area contributed by atoms with Gasteiger partial charge in [-0.3, -0.25) is 4.98 Å². The number of hydrogen-bond acceptors (Lipinski definition) is 9. The molecule has 1 aromatic carbocycles. The lowest BCUT2D eigenvalue weighted by Crippen LogP contribution is -2.44. The minimum atomic E-state index is -3.83. The second-order valence-electron chi connectivity index (χ2n) is 9.43. The van der Waals surface area contributed by atoms with Crippen molar-refractivity contribution in [1.82, 2.24) is 20.3 Å². The van der Waals surface area contributed by atoms with Gasteiger partial charge in [-0.2, -0.15) is 0 Å². The number of ether oxygens (including phenoxy) is 1. The van der Waals surface area contributed by atoms with E-state index in [1.165, 1.54) is 24.5 Å². The first-order valence-electron chi connectivity index (χ1n) is 12.3. The molecule has 2 aromatic heterocycles. The van der Waals surface area contributed by atoms with Gasteiger partial charge in [0.05, 0.1) is 36.5 Å². The number of aliphatic hydroxyl groups is 1. The Hall–Kier alpha value is -3.61. The average molecular weight is 541 g/mol. The van der Waals surface area contributed by atoms with Crippen LogP contribution in [0.25, 0.3) is 11.4 Å². The predicted octanol–water partition coefficient (Wildman–Crippen LogP) is 2.59. The quantitative estimate of drug-likeness (QED) is 0.392. The number of carbonyl (C=O) groups excluding carboxylic acids is 1. The summed E-state index contributed by atoms with van der Waals surface area (Å²) in [6.45, 7) is 6.98. The number of pyridine rings is 1. The molecule has 202 valence electrons. The molecule has 0 spiro atoms. The van der Waals surface area contributed by atoms with Crippen LogP contribution in [-0.4, -0.2) is 73.5 Å². The fourth-order valence-electron chi connectivity index (χ4n) is 4.08. The molecular formula is C26H32N6O5S. The van der Waals surface area contributed by atoms with E-state index < -0.39 is 20.6 Å². The molecule has 0 saturated carbocycles. The van der Waals surface area contributed by atoms with E-state index in [1.807, 2.05) is 6.92 Å². The number of benzene rings is 1. The smallest absolute Gasteiger partial charge is 0.319 e. The molecule has 3 heterocycles. The lowest BCUT2D eigenvalue weighted by molar-refractivity contribution is 0.0985. The van der Waals surface area contributed by atoms with E-state index in [9.17, 15) is 13.2 Å². The van der Waals surface area contributed by atoms with Crippen molar-refractivity contribution in [2.24, 2.45) is 0 Å². The number of sulfone groups is 1. The van der Waals surface area contributed by atoms with Crippen LogP contribution < -0.4 is 15.5 Å². The summed E-state index contributed by atoms with van der Waals surface area (Å²) in [6, 6.07) is 11.2. The third-order valence-corrected chi connectivity index (χ3v) is 8.87. The van der Waals surface area contributed by atoms with Gasteiger partial charge in [-0.1, -0.05) is 0 Å². The van der Waals surface area contributed by atoms with Crippen LogP contribution in [0.1, 0.15) is 26.5 Å². The molecule has 1 fully saturated rings. The first-order chi connectivity index (χ1) is 18.1. The van der Waals surface area contributed by atoms with Crippen molar-refractivity contribution in [3.8, 4) is 11.4 Å². The van der Waals surface area contributed by atoms with Crippen LogP contribution in [0.2, 0.25) is 0 Å². The van der Waals surface area contributed by atoms with Crippen molar-refractivity contribution >= 4 is 27.4 Å². The summed E-state index contributed by atoms with van der Waals surface area (Å²) >= 11 is 0. The zero-order chi connectivity index (χ0) is 27.3. The van der Waals surface area contributed by atoms with Crippen molar-refractivity contribution in [1.29, 1.82) is 0 Å². The van der Waals surface area contributed by atoms with Crippen molar-refractivity contribution in [2.45, 2.75) is 36.5 Å². The third-order valence-electron chi connectivity index (χ3n) is 6.42. The van der Waals surface area contributed by atoms with Crippen LogP contribution in [0.5, 0.6) is 0 Å². The van der Waals surface area contributed by atoms with Gasteiger partial charge in [0.25, 0.3) is 0 Å². The van der Waals surface area contributed by atoms with Gasteiger partial charge in [0.1, 0.15) is 10.6 Å². The highest BCUT2D eigenvalue weighted by molar-refractivity contribution is 7.92. The van der Waals surface area contributed by atoms with Crippen molar-refractivity contribution < 1.29 is 23.1 Å². The first-order valence-corrected chi connectivity index (χ1v) is 13.8. The zero-order valence-electron chi connectivity index (χ0n) is 21.6. The van der Waals surface area contributed by atoms with E-state index in [0.29, 0.717) is 48.3 Å². The highest BCUT2D eigenvalue weighted by Gasteiger charge is 2.40. The average Bonchev–Trinajstić information content (AvgIpc) is 2.92. The second kappa shape index (κ2) is 11.4. The minimum absolute atomic E-state index is 0.0447. The van der Waals surface area contributed by atoms with E-state index in [1.54, 1.807) is 44.2 Å². The fraction of sp³-hybridized carbons (Fsp3) is 0.385. The minimum Gasteiger partial charge on any atom is -0.395 e. The molecule has 1 aliphatic rings. The van der Waals surface area contributed by atoms with Gasteiger partial charge in [-0.25, -0.2) is 23.2 Å². The molecule has 0 radical (unpaired) electrons. The molecule has 12 heteroatoms. The highest BCUT2D eigenvalue weighted by Crippen LogP contribution is 2.36. The Morgan fingerprint density at radius 3 is 2.53 bits per heavy atom. The monoisotopic (exact) mass is 540 g/mol. The molecule has 1 atom stereocenters. The number of nitrogens with zero attached hydrogens (tertiary/aromatic N) is 4. The Balaban J connectivity index is 1.75. The highest BCUT2D eigenvalue weighted by atomic mass is 32.2.